The van der Waals surface area contributed by atoms with E-state index in [-0.39, 0.29) is 31.3 Å². The average molecular weight is 517 g/mol. The van der Waals surface area contributed by atoms with Crippen LogP contribution in [0.1, 0.15) is 46.0 Å². The lowest BCUT2D eigenvalue weighted by molar-refractivity contribution is -0.144. The number of hydrogen-bond acceptors (Lipinski definition) is 8. The Balaban J connectivity index is 5.44. The minimum atomic E-state index is -1.73. The van der Waals surface area contributed by atoms with Gasteiger partial charge in [0, 0.05) is 6.54 Å². The van der Waals surface area contributed by atoms with Crippen LogP contribution in [0.25, 0.3) is 0 Å². The summed E-state index contributed by atoms with van der Waals surface area (Å²) in [5.41, 5.74) is 21.3. The van der Waals surface area contributed by atoms with Crippen molar-refractivity contribution in [2.24, 2.45) is 33.8 Å². The van der Waals surface area contributed by atoms with Gasteiger partial charge in [-0.25, -0.2) is 4.79 Å². The molecule has 0 aliphatic rings. The molecule has 0 aromatic rings. The van der Waals surface area contributed by atoms with Crippen LogP contribution in [-0.2, 0) is 28.8 Å². The molecule has 13 N–H and O–H groups in total. The fraction of sp³-hybridized carbons (Fsp3) is 0.650. The summed E-state index contributed by atoms with van der Waals surface area (Å²) in [4.78, 5) is 75.3. The molecule has 0 fully saturated rings. The third-order valence-corrected chi connectivity index (χ3v) is 4.68. The highest BCUT2D eigenvalue weighted by Crippen LogP contribution is 2.08. The second kappa shape index (κ2) is 15.9. The first-order valence-electron chi connectivity index (χ1n) is 11.1. The molecular formula is C20H36N8O8. The molecular weight excluding hydrogens is 480 g/mol. The van der Waals surface area contributed by atoms with E-state index >= 15 is 0 Å². The monoisotopic (exact) mass is 516 g/mol. The van der Waals surface area contributed by atoms with Crippen molar-refractivity contribution < 1.29 is 39.0 Å². The normalized spacial score (nSPS) is 14.0. The van der Waals surface area contributed by atoms with Crippen molar-refractivity contribution in [1.82, 2.24) is 16.0 Å². The molecule has 16 heteroatoms. The van der Waals surface area contributed by atoms with Crippen molar-refractivity contribution in [3.8, 4) is 0 Å². The van der Waals surface area contributed by atoms with Crippen molar-refractivity contribution >= 4 is 41.5 Å². The van der Waals surface area contributed by atoms with Gasteiger partial charge in [0.2, 0.25) is 23.6 Å². The minimum absolute atomic E-state index is 0.0992. The number of nitrogens with two attached hydrogens (primary N) is 4. The fourth-order valence-corrected chi connectivity index (χ4v) is 2.96. The summed E-state index contributed by atoms with van der Waals surface area (Å²) < 4.78 is 0. The van der Waals surface area contributed by atoms with Crippen molar-refractivity contribution in [1.29, 1.82) is 0 Å². The zero-order chi connectivity index (χ0) is 28.0. The quantitative estimate of drug-likeness (QED) is 0.0514. The minimum Gasteiger partial charge on any atom is -0.481 e. The third kappa shape index (κ3) is 13.7. The van der Waals surface area contributed by atoms with E-state index in [9.17, 15) is 28.8 Å². The lowest BCUT2D eigenvalue weighted by Crippen LogP contribution is -2.58. The van der Waals surface area contributed by atoms with Crippen LogP contribution >= 0.6 is 0 Å². The molecule has 0 aliphatic carbocycles. The molecule has 0 bridgehead atoms. The molecule has 0 heterocycles. The molecule has 0 radical (unpaired) electrons. The van der Waals surface area contributed by atoms with Crippen LogP contribution in [0.3, 0.4) is 0 Å². The van der Waals surface area contributed by atoms with Crippen LogP contribution in [-0.4, -0.2) is 82.5 Å². The molecule has 0 aromatic heterocycles. The van der Waals surface area contributed by atoms with Crippen molar-refractivity contribution in [3.05, 3.63) is 0 Å². The number of carbonyl (C=O) groups excluding carboxylic acids is 4. The molecule has 0 spiro atoms. The van der Waals surface area contributed by atoms with Crippen LogP contribution in [0.5, 0.6) is 0 Å². The number of nitrogens with one attached hydrogen (secondary N) is 3. The topological polar surface area (TPSA) is 295 Å². The van der Waals surface area contributed by atoms with Gasteiger partial charge in [0.25, 0.3) is 0 Å². The highest BCUT2D eigenvalue weighted by atomic mass is 16.4. The number of carboxylic acid groups (broad SMARTS) is 2. The van der Waals surface area contributed by atoms with Crippen LogP contribution in [0, 0.1) is 5.92 Å². The number of amides is 4. The maximum absolute atomic E-state index is 12.9. The van der Waals surface area contributed by atoms with Crippen molar-refractivity contribution in [2.45, 2.75) is 70.1 Å². The SMILES string of the molecule is CC(C)CC(NC(=O)C(N)CCCN=C(N)N)C(=O)NC(CC(=O)O)C(=O)NC(CC(N)=O)C(=O)O. The maximum Gasteiger partial charge on any atom is 0.326 e. The number of nitrogens with zero attached hydrogens (tertiary/aromatic N) is 1. The molecule has 0 rings (SSSR count). The number of aliphatic imine (C=N–C) groups is 1. The number of primary amides is 1. The highest BCUT2D eigenvalue weighted by Gasteiger charge is 2.32. The van der Waals surface area contributed by atoms with Crippen LogP contribution in [0.4, 0.5) is 0 Å². The molecule has 0 aliphatic heterocycles. The first-order chi connectivity index (χ1) is 16.6. The van der Waals surface area contributed by atoms with Gasteiger partial charge in [-0.3, -0.25) is 29.0 Å². The van der Waals surface area contributed by atoms with Gasteiger partial charge in [-0.1, -0.05) is 13.8 Å². The average Bonchev–Trinajstić information content (AvgIpc) is 2.73. The summed E-state index contributed by atoms with van der Waals surface area (Å²) in [5.74, 6) is -6.98. The molecule has 4 unspecified atom stereocenters. The Labute approximate surface area is 207 Å². The Hall–Kier alpha value is -3.95. The molecule has 0 aromatic carbocycles. The van der Waals surface area contributed by atoms with Gasteiger partial charge in [-0.15, -0.1) is 0 Å². The second-order valence-corrected chi connectivity index (χ2v) is 8.47. The van der Waals surface area contributed by atoms with E-state index in [1.807, 2.05) is 5.32 Å². The summed E-state index contributed by atoms with van der Waals surface area (Å²) in [6, 6.07) is -5.60. The van der Waals surface area contributed by atoms with E-state index in [1.54, 1.807) is 13.8 Å². The van der Waals surface area contributed by atoms with E-state index < -0.39 is 72.6 Å². The maximum atomic E-state index is 12.9. The first kappa shape index (κ1) is 32.0. The second-order valence-electron chi connectivity index (χ2n) is 8.47. The third-order valence-electron chi connectivity index (χ3n) is 4.68. The molecule has 4 amide bonds. The van der Waals surface area contributed by atoms with E-state index in [2.05, 4.69) is 15.6 Å². The number of aliphatic carboxylic acids is 2. The lowest BCUT2D eigenvalue weighted by atomic mass is 10.0. The van der Waals surface area contributed by atoms with Crippen molar-refractivity contribution in [3.63, 3.8) is 0 Å². The standard InChI is InChI=1S/C20H36N8O8/c1-9(2)6-11(26-16(32)10(21)4-3-5-25-20(23)24)17(33)27-12(8-15(30)31)18(34)28-13(19(35)36)7-14(22)29/h9-13H,3-8,21H2,1-2H3,(H2,22,29)(H,26,32)(H,27,33)(H,28,34)(H,30,31)(H,35,36)(H4,23,24,25). The van der Waals surface area contributed by atoms with Gasteiger partial charge in [0.15, 0.2) is 5.96 Å². The Kier molecular flexibility index (Phi) is 14.1. The zero-order valence-corrected chi connectivity index (χ0v) is 20.2. The summed E-state index contributed by atoms with van der Waals surface area (Å²) in [6.45, 7) is 3.78. The summed E-state index contributed by atoms with van der Waals surface area (Å²) in [5, 5.41) is 25.0. The summed E-state index contributed by atoms with van der Waals surface area (Å²) >= 11 is 0. The predicted octanol–water partition coefficient (Wildman–Crippen LogP) is -3.70. The van der Waals surface area contributed by atoms with Gasteiger partial charge in [0.1, 0.15) is 18.1 Å². The Morgan fingerprint density at radius 2 is 1.33 bits per heavy atom. The summed E-state index contributed by atoms with van der Waals surface area (Å²) in [7, 11) is 0. The van der Waals surface area contributed by atoms with Gasteiger partial charge in [-0.2, -0.15) is 0 Å². The predicted molar refractivity (Wildman–Crippen MR) is 127 cm³/mol. The Morgan fingerprint density at radius 3 is 1.81 bits per heavy atom. The largest absolute Gasteiger partial charge is 0.481 e. The van der Waals surface area contributed by atoms with Gasteiger partial charge in [-0.05, 0) is 25.2 Å². The van der Waals surface area contributed by atoms with E-state index in [1.165, 1.54) is 0 Å². The number of rotatable bonds is 17. The van der Waals surface area contributed by atoms with Crippen LogP contribution in [0.2, 0.25) is 0 Å². The summed E-state index contributed by atoms with van der Waals surface area (Å²) in [6.07, 6.45) is -0.919. The number of hydrogen-bond donors (Lipinski definition) is 9. The van der Waals surface area contributed by atoms with Crippen molar-refractivity contribution in [2.75, 3.05) is 6.54 Å². The lowest BCUT2D eigenvalue weighted by Gasteiger charge is -2.25. The number of carbonyl (C=O) groups is 6. The molecule has 0 saturated carbocycles. The van der Waals surface area contributed by atoms with Crippen LogP contribution in [0.15, 0.2) is 4.99 Å². The fourth-order valence-electron chi connectivity index (χ4n) is 2.96. The van der Waals surface area contributed by atoms with Gasteiger partial charge < -0.3 is 49.1 Å². The number of guanidine groups is 1. The van der Waals surface area contributed by atoms with E-state index in [0.29, 0.717) is 6.42 Å². The molecule has 4 atom stereocenters. The molecule has 204 valence electrons. The Morgan fingerprint density at radius 1 is 0.806 bits per heavy atom. The molecule has 0 saturated heterocycles. The number of carboxylic acids is 2. The smallest absolute Gasteiger partial charge is 0.326 e. The van der Waals surface area contributed by atoms with Gasteiger partial charge in [0.05, 0.1) is 18.9 Å². The Bertz CT molecular complexity index is 844. The van der Waals surface area contributed by atoms with E-state index in [4.69, 9.17) is 33.1 Å². The van der Waals surface area contributed by atoms with Gasteiger partial charge >= 0.3 is 11.9 Å². The van der Waals surface area contributed by atoms with Crippen LogP contribution < -0.4 is 38.9 Å². The molecule has 36 heavy (non-hydrogen) atoms. The first-order valence-corrected chi connectivity index (χ1v) is 11.1. The molecule has 16 nitrogen and oxygen atoms in total. The highest BCUT2D eigenvalue weighted by molar-refractivity contribution is 5.96. The van der Waals surface area contributed by atoms with E-state index in [0.717, 1.165) is 0 Å². The zero-order valence-electron chi connectivity index (χ0n) is 20.2.